The lowest BCUT2D eigenvalue weighted by Gasteiger charge is -2.57. The molecule has 3 saturated carbocycles. The smallest absolute Gasteiger partial charge is 0.178 e. The number of hydrogen-bond donors (Lipinski definition) is 1. The highest BCUT2D eigenvalue weighted by molar-refractivity contribution is 6.01. The first kappa shape index (κ1) is 13.4. The Bertz CT molecular complexity index is 590. The van der Waals surface area contributed by atoms with E-state index >= 15 is 0 Å². The normalized spacial score (nSPS) is 48.5. The average Bonchev–Trinajstić information content (AvgIpc) is 2.75. The molecule has 0 amide bonds. The molecule has 3 fully saturated rings. The molecule has 5 atom stereocenters. The Morgan fingerprint density at radius 2 is 2.00 bits per heavy atom. The Kier molecular flexibility index (Phi) is 2.66. The summed E-state index contributed by atoms with van der Waals surface area (Å²) in [4.78, 5) is 23.9. The van der Waals surface area contributed by atoms with Crippen LogP contribution in [0.5, 0.6) is 0 Å². The van der Waals surface area contributed by atoms with Gasteiger partial charge in [0.1, 0.15) is 5.78 Å². The monoisotopic (exact) mass is 285 g/mol. The van der Waals surface area contributed by atoms with Gasteiger partial charge in [0.2, 0.25) is 0 Å². The molecule has 0 heterocycles. The molecule has 0 saturated heterocycles. The fourth-order valence-electron chi connectivity index (χ4n) is 5.75. The van der Waals surface area contributed by atoms with Gasteiger partial charge >= 0.3 is 0 Å². The minimum atomic E-state index is -0.230. The van der Waals surface area contributed by atoms with Gasteiger partial charge in [0.15, 0.2) is 5.78 Å². The molecule has 112 valence electrons. The molecule has 0 aromatic carbocycles. The van der Waals surface area contributed by atoms with Crippen molar-refractivity contribution in [1.82, 2.24) is 0 Å². The Balaban J connectivity index is 1.73. The lowest BCUT2D eigenvalue weighted by atomic mass is 9.49. The fourth-order valence-corrected chi connectivity index (χ4v) is 5.75. The van der Waals surface area contributed by atoms with E-state index in [0.29, 0.717) is 30.0 Å². The molecule has 0 bridgehead atoms. The lowest BCUT2D eigenvalue weighted by molar-refractivity contribution is -0.131. The van der Waals surface area contributed by atoms with Crippen LogP contribution in [-0.2, 0) is 9.59 Å². The number of Topliss-reactive ketones (excluding diaryl/α,β-unsaturated/α-hetero) is 1. The summed E-state index contributed by atoms with van der Waals surface area (Å²) in [6.45, 7) is 2.14. The quantitative estimate of drug-likeness (QED) is 0.744. The molecule has 5 unspecified atom stereocenters. The summed E-state index contributed by atoms with van der Waals surface area (Å²) in [5.74, 6) is 1.57. The molecule has 4 rings (SSSR count). The van der Waals surface area contributed by atoms with E-state index in [2.05, 4.69) is 13.0 Å². The van der Waals surface area contributed by atoms with Gasteiger partial charge in [-0.25, -0.2) is 0 Å². The van der Waals surface area contributed by atoms with Gasteiger partial charge in [0.05, 0.1) is 0 Å². The van der Waals surface area contributed by atoms with Crippen molar-refractivity contribution >= 4 is 11.6 Å². The highest BCUT2D eigenvalue weighted by atomic mass is 16.1. The predicted molar refractivity (Wildman–Crippen MR) is 80.4 cm³/mol. The van der Waals surface area contributed by atoms with Gasteiger partial charge in [-0.3, -0.25) is 9.59 Å². The third-order valence-corrected chi connectivity index (χ3v) is 6.88. The number of carbonyl (C=O) groups is 2. The number of fused-ring (bicyclic) bond motifs is 5. The van der Waals surface area contributed by atoms with Gasteiger partial charge in [0, 0.05) is 23.3 Å². The van der Waals surface area contributed by atoms with Gasteiger partial charge in [-0.1, -0.05) is 18.6 Å². The molecule has 3 nitrogen and oxygen atoms in total. The summed E-state index contributed by atoms with van der Waals surface area (Å²) in [7, 11) is 0. The van der Waals surface area contributed by atoms with Crippen molar-refractivity contribution in [1.29, 1.82) is 0 Å². The summed E-state index contributed by atoms with van der Waals surface area (Å²) in [5.41, 5.74) is 7.78. The summed E-state index contributed by atoms with van der Waals surface area (Å²) in [6, 6.07) is 0. The molecule has 4 aliphatic carbocycles. The molecule has 0 aliphatic heterocycles. The summed E-state index contributed by atoms with van der Waals surface area (Å²) < 4.78 is 0. The van der Waals surface area contributed by atoms with Crippen LogP contribution < -0.4 is 5.73 Å². The van der Waals surface area contributed by atoms with Crippen LogP contribution in [0.15, 0.2) is 23.8 Å². The van der Waals surface area contributed by atoms with E-state index in [9.17, 15) is 9.59 Å². The van der Waals surface area contributed by atoms with Crippen molar-refractivity contribution in [2.45, 2.75) is 51.0 Å². The van der Waals surface area contributed by atoms with Crippen LogP contribution in [-0.4, -0.2) is 17.1 Å². The van der Waals surface area contributed by atoms with E-state index in [1.54, 1.807) is 6.08 Å². The first-order valence-electron chi connectivity index (χ1n) is 8.20. The van der Waals surface area contributed by atoms with Crippen molar-refractivity contribution < 1.29 is 9.59 Å². The molecule has 2 N–H and O–H groups in total. The number of ketones is 2. The molecule has 21 heavy (non-hydrogen) atoms. The van der Waals surface area contributed by atoms with Crippen molar-refractivity contribution in [3.05, 3.63) is 23.8 Å². The van der Waals surface area contributed by atoms with Crippen LogP contribution in [0.1, 0.15) is 45.4 Å². The highest BCUT2D eigenvalue weighted by Crippen LogP contribution is 2.60. The van der Waals surface area contributed by atoms with Gasteiger partial charge in [-0.15, -0.1) is 0 Å². The van der Waals surface area contributed by atoms with Crippen LogP contribution in [0.3, 0.4) is 0 Å². The zero-order chi connectivity index (χ0) is 14.8. The van der Waals surface area contributed by atoms with E-state index in [0.717, 1.165) is 32.1 Å². The van der Waals surface area contributed by atoms with Crippen molar-refractivity contribution in [2.24, 2.45) is 28.9 Å². The Morgan fingerprint density at radius 1 is 1.19 bits per heavy atom. The van der Waals surface area contributed by atoms with Crippen LogP contribution in [0.4, 0.5) is 0 Å². The maximum absolute atomic E-state index is 12.3. The van der Waals surface area contributed by atoms with Gasteiger partial charge in [-0.05, 0) is 56.1 Å². The molecule has 0 spiro atoms. The third kappa shape index (κ3) is 1.64. The average molecular weight is 285 g/mol. The minimum Gasteiger partial charge on any atom is -0.325 e. The van der Waals surface area contributed by atoms with Crippen LogP contribution in [0.25, 0.3) is 0 Å². The SMILES string of the molecule is CC12CCC3C4C=CC(=O)C=C4CCC3(N)C1CCC2=O. The van der Waals surface area contributed by atoms with E-state index in [1.807, 2.05) is 6.08 Å². The van der Waals surface area contributed by atoms with Crippen molar-refractivity contribution in [2.75, 3.05) is 0 Å². The van der Waals surface area contributed by atoms with Gasteiger partial charge in [-0.2, -0.15) is 0 Å². The summed E-state index contributed by atoms with van der Waals surface area (Å²) in [6.07, 6.45) is 11.1. The minimum absolute atomic E-state index is 0.113. The Morgan fingerprint density at radius 3 is 2.81 bits per heavy atom. The Hall–Kier alpha value is -1.22. The van der Waals surface area contributed by atoms with Crippen LogP contribution in [0, 0.1) is 23.2 Å². The zero-order valence-corrected chi connectivity index (χ0v) is 12.6. The first-order chi connectivity index (χ1) is 9.95. The molecular formula is C18H23NO2. The maximum Gasteiger partial charge on any atom is 0.178 e. The van der Waals surface area contributed by atoms with Crippen molar-refractivity contribution in [3.63, 3.8) is 0 Å². The second-order valence-corrected chi connectivity index (χ2v) is 7.70. The molecule has 4 aliphatic rings. The third-order valence-electron chi connectivity index (χ3n) is 6.88. The fraction of sp³-hybridized carbons (Fsp3) is 0.667. The van der Waals surface area contributed by atoms with Crippen molar-refractivity contribution in [3.8, 4) is 0 Å². The molecule has 0 aromatic rings. The summed E-state index contributed by atoms with van der Waals surface area (Å²) >= 11 is 0. The molecular weight excluding hydrogens is 262 g/mol. The molecule has 0 radical (unpaired) electrons. The first-order valence-corrected chi connectivity index (χ1v) is 8.20. The van der Waals surface area contributed by atoms with Crippen LogP contribution in [0.2, 0.25) is 0 Å². The van der Waals surface area contributed by atoms with Crippen LogP contribution >= 0.6 is 0 Å². The van der Waals surface area contributed by atoms with Gasteiger partial charge < -0.3 is 5.73 Å². The van der Waals surface area contributed by atoms with E-state index in [-0.39, 0.29) is 16.7 Å². The number of allylic oxidation sites excluding steroid dienone is 4. The standard InChI is InChI=1S/C18H23NO2/c1-17-8-7-14-13-3-2-12(20)10-11(13)6-9-18(14,19)15(17)4-5-16(17)21/h2-3,10,13-15H,4-9,19H2,1H3. The number of nitrogens with two attached hydrogens (primary N) is 1. The molecule has 3 heteroatoms. The second kappa shape index (κ2) is 4.16. The number of hydrogen-bond acceptors (Lipinski definition) is 3. The zero-order valence-electron chi connectivity index (χ0n) is 12.6. The number of carbonyl (C=O) groups excluding carboxylic acids is 2. The lowest BCUT2D eigenvalue weighted by Crippen LogP contribution is -2.64. The maximum atomic E-state index is 12.3. The van der Waals surface area contributed by atoms with E-state index in [4.69, 9.17) is 5.73 Å². The van der Waals surface area contributed by atoms with E-state index < -0.39 is 0 Å². The van der Waals surface area contributed by atoms with E-state index in [1.165, 1.54) is 5.57 Å². The molecule has 0 aromatic heterocycles. The second-order valence-electron chi connectivity index (χ2n) is 7.70. The summed E-state index contributed by atoms with van der Waals surface area (Å²) in [5, 5.41) is 0. The Labute approximate surface area is 125 Å². The number of rotatable bonds is 0. The largest absolute Gasteiger partial charge is 0.325 e. The topological polar surface area (TPSA) is 60.2 Å². The highest BCUT2D eigenvalue weighted by Gasteiger charge is 2.61. The predicted octanol–water partition coefficient (Wildman–Crippen LogP) is 2.55. The van der Waals surface area contributed by atoms with Gasteiger partial charge in [0.25, 0.3) is 0 Å².